The first-order valence-corrected chi connectivity index (χ1v) is 6.53. The Kier molecular flexibility index (Phi) is 2.90. The fraction of sp³-hybridized carbons (Fsp3) is 0.125. The maximum Gasteiger partial charge on any atom is 0.335 e. The fourth-order valence-electron chi connectivity index (χ4n) is 2.44. The number of carboxylic acids is 1. The van der Waals surface area contributed by atoms with Gasteiger partial charge in [0.1, 0.15) is 5.54 Å². The zero-order valence-corrected chi connectivity index (χ0v) is 11.4. The summed E-state index contributed by atoms with van der Waals surface area (Å²) < 4.78 is 0. The number of carbonyl (C=O) groups excluding carboxylic acids is 1. The molecule has 1 unspecified atom stereocenters. The second-order valence-electron chi connectivity index (χ2n) is 5.14. The van der Waals surface area contributed by atoms with Gasteiger partial charge in [-0.2, -0.15) is 0 Å². The van der Waals surface area contributed by atoms with Crippen LogP contribution in [0.1, 0.15) is 22.8 Å². The molecule has 0 spiro atoms. The molecule has 21 heavy (non-hydrogen) atoms. The Morgan fingerprint density at radius 3 is 2.48 bits per heavy atom. The summed E-state index contributed by atoms with van der Waals surface area (Å²) >= 11 is 0. The predicted molar refractivity (Wildman–Crippen MR) is 79.4 cm³/mol. The van der Waals surface area contributed by atoms with Crippen LogP contribution in [0.25, 0.3) is 0 Å². The number of carboxylic acid groups (broad SMARTS) is 1. The number of rotatable bonds is 2. The smallest absolute Gasteiger partial charge is 0.335 e. The van der Waals surface area contributed by atoms with Crippen molar-refractivity contribution in [1.82, 2.24) is 0 Å². The molecule has 3 rings (SSSR count). The zero-order chi connectivity index (χ0) is 15.0. The number of carbonyl (C=O) groups is 2. The van der Waals surface area contributed by atoms with Gasteiger partial charge in [-0.3, -0.25) is 4.79 Å². The molecule has 0 radical (unpaired) electrons. The molecule has 0 aliphatic carbocycles. The molecule has 5 nitrogen and oxygen atoms in total. The van der Waals surface area contributed by atoms with E-state index in [-0.39, 0.29) is 11.5 Å². The van der Waals surface area contributed by atoms with Gasteiger partial charge < -0.3 is 15.7 Å². The summed E-state index contributed by atoms with van der Waals surface area (Å²) in [5, 5.41) is 15.1. The Labute approximate surface area is 121 Å². The number of aromatic carboxylic acids is 1. The Morgan fingerprint density at radius 2 is 1.81 bits per heavy atom. The van der Waals surface area contributed by atoms with Gasteiger partial charge in [-0.05, 0) is 30.7 Å². The van der Waals surface area contributed by atoms with Crippen molar-refractivity contribution in [2.24, 2.45) is 0 Å². The first kappa shape index (κ1) is 13.2. The topological polar surface area (TPSA) is 78.4 Å². The summed E-state index contributed by atoms with van der Waals surface area (Å²) in [5.41, 5.74) is 1.23. The van der Waals surface area contributed by atoms with Crippen LogP contribution < -0.4 is 10.6 Å². The van der Waals surface area contributed by atoms with Crippen molar-refractivity contribution in [3.05, 3.63) is 59.7 Å². The number of nitrogens with one attached hydrogen (secondary N) is 2. The molecule has 3 N–H and O–H groups in total. The Morgan fingerprint density at radius 1 is 1.10 bits per heavy atom. The maximum absolute atomic E-state index is 12.4. The van der Waals surface area contributed by atoms with Crippen LogP contribution in [0, 0.1) is 0 Å². The first-order valence-electron chi connectivity index (χ1n) is 6.53. The highest BCUT2D eigenvalue weighted by Gasteiger charge is 2.39. The third-order valence-corrected chi connectivity index (χ3v) is 3.70. The quantitative estimate of drug-likeness (QED) is 0.791. The van der Waals surface area contributed by atoms with Crippen LogP contribution in [0.3, 0.4) is 0 Å². The molecular formula is C16H14N2O3. The summed E-state index contributed by atoms with van der Waals surface area (Å²) in [5.74, 6) is -1.18. The lowest BCUT2D eigenvalue weighted by Crippen LogP contribution is -2.47. The minimum atomic E-state index is -1.00. The number of hydrogen-bond acceptors (Lipinski definition) is 3. The lowest BCUT2D eigenvalue weighted by Gasteiger charge is -2.36. The second kappa shape index (κ2) is 4.63. The molecule has 0 saturated carbocycles. The third kappa shape index (κ3) is 2.12. The standard InChI is InChI=1S/C16H14N2O3/c1-16(11-5-3-2-4-6-11)15(21)17-12-8-7-10(14(19)20)9-13(12)18-16/h2-9,18H,1H3,(H,17,21)(H,19,20). The van der Waals surface area contributed by atoms with Crippen molar-refractivity contribution in [2.75, 3.05) is 10.6 Å². The number of benzene rings is 2. The van der Waals surface area contributed by atoms with Gasteiger partial charge in [0.05, 0.1) is 16.9 Å². The van der Waals surface area contributed by atoms with Gasteiger partial charge in [0.2, 0.25) is 0 Å². The van der Waals surface area contributed by atoms with Gasteiger partial charge in [-0.1, -0.05) is 30.3 Å². The SMILES string of the molecule is CC1(c2ccccc2)Nc2cc(C(=O)O)ccc2NC1=O. The Hall–Kier alpha value is -2.82. The number of anilines is 2. The largest absolute Gasteiger partial charge is 0.478 e. The molecule has 1 amide bonds. The molecule has 1 atom stereocenters. The van der Waals surface area contributed by atoms with Crippen LogP contribution >= 0.6 is 0 Å². The molecular weight excluding hydrogens is 268 g/mol. The van der Waals surface area contributed by atoms with Crippen molar-refractivity contribution in [3.8, 4) is 0 Å². The highest BCUT2D eigenvalue weighted by molar-refractivity contribution is 6.07. The van der Waals surface area contributed by atoms with Crippen LogP contribution in [0.15, 0.2) is 48.5 Å². The Bertz CT molecular complexity index is 728. The number of fused-ring (bicyclic) bond motifs is 1. The van der Waals surface area contributed by atoms with Crippen molar-refractivity contribution in [2.45, 2.75) is 12.5 Å². The van der Waals surface area contributed by atoms with Crippen LogP contribution in [0.5, 0.6) is 0 Å². The highest BCUT2D eigenvalue weighted by atomic mass is 16.4. The molecule has 1 aliphatic rings. The van der Waals surface area contributed by atoms with Gasteiger partial charge >= 0.3 is 5.97 Å². The van der Waals surface area contributed by atoms with Crippen LogP contribution in [0.4, 0.5) is 11.4 Å². The third-order valence-electron chi connectivity index (χ3n) is 3.70. The van der Waals surface area contributed by atoms with E-state index in [1.54, 1.807) is 13.0 Å². The molecule has 0 saturated heterocycles. The number of amides is 1. The van der Waals surface area contributed by atoms with Gasteiger partial charge in [-0.15, -0.1) is 0 Å². The monoisotopic (exact) mass is 282 g/mol. The molecule has 0 bridgehead atoms. The van der Waals surface area contributed by atoms with Gasteiger partial charge in [0.15, 0.2) is 0 Å². The van der Waals surface area contributed by atoms with Crippen molar-refractivity contribution >= 4 is 23.3 Å². The van der Waals surface area contributed by atoms with E-state index in [0.717, 1.165) is 5.56 Å². The normalized spacial score (nSPS) is 20.1. The van der Waals surface area contributed by atoms with E-state index in [4.69, 9.17) is 5.11 Å². The lowest BCUT2D eigenvalue weighted by molar-refractivity contribution is -0.120. The first-order chi connectivity index (χ1) is 10.0. The molecule has 1 heterocycles. The van der Waals surface area contributed by atoms with E-state index in [9.17, 15) is 9.59 Å². The summed E-state index contributed by atoms with van der Waals surface area (Å²) in [4.78, 5) is 23.5. The predicted octanol–water partition coefficient (Wildman–Crippen LogP) is 2.66. The molecule has 0 fully saturated rings. The zero-order valence-electron chi connectivity index (χ0n) is 11.4. The fourth-order valence-corrected chi connectivity index (χ4v) is 2.44. The Balaban J connectivity index is 2.06. The summed E-state index contributed by atoms with van der Waals surface area (Å²) in [6.45, 7) is 1.77. The summed E-state index contributed by atoms with van der Waals surface area (Å²) in [6.07, 6.45) is 0. The summed E-state index contributed by atoms with van der Waals surface area (Å²) in [6, 6.07) is 13.9. The van der Waals surface area contributed by atoms with Crippen molar-refractivity contribution in [1.29, 1.82) is 0 Å². The molecule has 106 valence electrons. The van der Waals surface area contributed by atoms with Gasteiger partial charge in [0.25, 0.3) is 5.91 Å². The van der Waals surface area contributed by atoms with Crippen LogP contribution in [-0.2, 0) is 10.3 Å². The van der Waals surface area contributed by atoms with E-state index in [1.807, 2.05) is 30.3 Å². The van der Waals surface area contributed by atoms with Crippen molar-refractivity contribution in [3.63, 3.8) is 0 Å². The molecule has 1 aliphatic heterocycles. The van der Waals surface area contributed by atoms with Gasteiger partial charge in [0, 0.05) is 0 Å². The molecule has 0 aromatic heterocycles. The molecule has 2 aromatic rings. The summed E-state index contributed by atoms with van der Waals surface area (Å²) in [7, 11) is 0. The van der Waals surface area contributed by atoms with E-state index < -0.39 is 11.5 Å². The minimum absolute atomic E-state index is 0.174. The second-order valence-corrected chi connectivity index (χ2v) is 5.14. The number of hydrogen-bond donors (Lipinski definition) is 3. The molecule has 2 aromatic carbocycles. The average molecular weight is 282 g/mol. The van der Waals surface area contributed by atoms with E-state index in [0.29, 0.717) is 11.4 Å². The molecule has 5 heteroatoms. The average Bonchev–Trinajstić information content (AvgIpc) is 2.49. The van der Waals surface area contributed by atoms with Crippen molar-refractivity contribution < 1.29 is 14.7 Å². The minimum Gasteiger partial charge on any atom is -0.478 e. The van der Waals surface area contributed by atoms with Crippen LogP contribution in [-0.4, -0.2) is 17.0 Å². The maximum atomic E-state index is 12.4. The van der Waals surface area contributed by atoms with Gasteiger partial charge in [-0.25, -0.2) is 4.79 Å². The van der Waals surface area contributed by atoms with E-state index in [1.165, 1.54) is 12.1 Å². The van der Waals surface area contributed by atoms with E-state index >= 15 is 0 Å². The van der Waals surface area contributed by atoms with Crippen LogP contribution in [0.2, 0.25) is 0 Å². The van der Waals surface area contributed by atoms with E-state index in [2.05, 4.69) is 10.6 Å². The highest BCUT2D eigenvalue weighted by Crippen LogP contribution is 2.36. The lowest BCUT2D eigenvalue weighted by atomic mass is 9.88.